The fourth-order valence-electron chi connectivity index (χ4n) is 5.85. The van der Waals surface area contributed by atoms with E-state index in [0.29, 0.717) is 30.6 Å². The van der Waals surface area contributed by atoms with E-state index in [-0.39, 0.29) is 11.7 Å². The van der Waals surface area contributed by atoms with Gasteiger partial charge in [0, 0.05) is 35.2 Å². The minimum Gasteiger partial charge on any atom is -0.488 e. The van der Waals surface area contributed by atoms with Crippen molar-refractivity contribution in [1.82, 2.24) is 19.7 Å². The number of halogens is 1. The van der Waals surface area contributed by atoms with Crippen molar-refractivity contribution in [3.63, 3.8) is 0 Å². The Labute approximate surface area is 222 Å². The molecule has 3 aromatic carbocycles. The third-order valence-corrected chi connectivity index (χ3v) is 7.95. The number of imidazole rings is 1. The molecule has 3 aliphatic rings. The molecule has 0 amide bonds. The summed E-state index contributed by atoms with van der Waals surface area (Å²) in [6, 6.07) is 19.4. The Morgan fingerprint density at radius 2 is 1.87 bits per heavy atom. The Morgan fingerprint density at radius 3 is 2.67 bits per heavy atom. The highest BCUT2D eigenvalue weighted by Crippen LogP contribution is 2.49. The number of hydrogen-bond donors (Lipinski definition) is 1. The van der Waals surface area contributed by atoms with E-state index in [2.05, 4.69) is 51.1 Å². The van der Waals surface area contributed by atoms with E-state index in [0.717, 1.165) is 63.1 Å². The molecule has 0 saturated heterocycles. The van der Waals surface area contributed by atoms with Gasteiger partial charge in [-0.1, -0.05) is 29.4 Å². The van der Waals surface area contributed by atoms with Crippen molar-refractivity contribution in [2.45, 2.75) is 44.8 Å². The molecule has 1 aliphatic heterocycles. The third kappa shape index (κ3) is 3.90. The molecule has 3 heterocycles. The lowest BCUT2D eigenvalue weighted by molar-refractivity contribution is 0.305. The van der Waals surface area contributed by atoms with E-state index in [9.17, 15) is 9.18 Å². The van der Waals surface area contributed by atoms with Crippen LogP contribution in [0.1, 0.15) is 65.5 Å². The quantitative estimate of drug-likeness (QED) is 0.305. The van der Waals surface area contributed by atoms with Crippen LogP contribution in [0.25, 0.3) is 22.2 Å². The van der Waals surface area contributed by atoms with Gasteiger partial charge < -0.3 is 9.30 Å². The summed E-state index contributed by atoms with van der Waals surface area (Å²) < 4.78 is 27.7. The number of hydrogen-bond acceptors (Lipinski definition) is 5. The smallest absolute Gasteiger partial charge is 0.439 e. The van der Waals surface area contributed by atoms with Crippen molar-refractivity contribution in [2.24, 2.45) is 5.92 Å². The predicted octanol–water partition coefficient (Wildman–Crippen LogP) is 6.04. The van der Waals surface area contributed by atoms with Gasteiger partial charge in [0.25, 0.3) is 0 Å². The van der Waals surface area contributed by atoms with Crippen LogP contribution in [0.5, 0.6) is 5.75 Å². The Hall–Kier alpha value is -4.46. The number of H-pyrrole nitrogens is 1. The molecular weight excluding hydrogens is 495 g/mol. The van der Waals surface area contributed by atoms with Crippen molar-refractivity contribution in [1.29, 1.82) is 0 Å². The zero-order valence-corrected chi connectivity index (χ0v) is 21.1. The summed E-state index contributed by atoms with van der Waals surface area (Å²) in [5.41, 5.74) is 7.89. The van der Waals surface area contributed by atoms with Gasteiger partial charge in [-0.15, -0.1) is 0 Å². The molecule has 2 aliphatic carbocycles. The average Bonchev–Trinajstić information content (AvgIpc) is 3.87. The van der Waals surface area contributed by atoms with Gasteiger partial charge in [-0.3, -0.25) is 9.51 Å². The van der Waals surface area contributed by atoms with Crippen molar-refractivity contribution in [3.05, 3.63) is 111 Å². The van der Waals surface area contributed by atoms with Crippen molar-refractivity contribution in [3.8, 4) is 5.75 Å². The molecule has 2 fully saturated rings. The first-order valence-corrected chi connectivity index (χ1v) is 13.4. The molecule has 2 saturated carbocycles. The Balaban J connectivity index is 1.29. The van der Waals surface area contributed by atoms with Crippen LogP contribution in [0.4, 0.5) is 4.39 Å². The van der Waals surface area contributed by atoms with Gasteiger partial charge >= 0.3 is 5.76 Å². The molecule has 0 atom stereocenters. The van der Waals surface area contributed by atoms with Crippen molar-refractivity contribution >= 4 is 22.2 Å². The minimum atomic E-state index is -0.595. The van der Waals surface area contributed by atoms with Gasteiger partial charge in [-0.25, -0.2) is 14.2 Å². The molecule has 8 heteroatoms. The molecule has 0 bridgehead atoms. The largest absolute Gasteiger partial charge is 0.488 e. The molecule has 1 N–H and O–H groups in total. The number of aromatic nitrogens is 4. The van der Waals surface area contributed by atoms with E-state index in [1.165, 1.54) is 25.0 Å². The monoisotopic (exact) mass is 520 g/mol. The maximum Gasteiger partial charge on any atom is 0.439 e. The Morgan fingerprint density at radius 1 is 1.03 bits per heavy atom. The number of rotatable bonds is 5. The van der Waals surface area contributed by atoms with Crippen molar-refractivity contribution in [2.75, 3.05) is 0 Å². The minimum absolute atomic E-state index is 0.225. The fraction of sp³-hybridized carbons (Fsp3) is 0.258. The molecule has 39 heavy (non-hydrogen) atoms. The normalized spacial score (nSPS) is 17.9. The number of nitrogens with zero attached hydrogens (tertiary/aromatic N) is 3. The Kier molecular flexibility index (Phi) is 4.92. The summed E-state index contributed by atoms with van der Waals surface area (Å²) in [4.78, 5) is 19.6. The number of aromatic amines is 1. The zero-order valence-electron chi connectivity index (χ0n) is 21.1. The number of fused-ring (bicyclic) bond motifs is 3. The van der Waals surface area contributed by atoms with Crippen LogP contribution in [0.2, 0.25) is 0 Å². The van der Waals surface area contributed by atoms with E-state index in [1.54, 1.807) is 6.07 Å². The molecule has 0 spiro atoms. The van der Waals surface area contributed by atoms with Gasteiger partial charge in [-0.05, 0) is 78.6 Å². The topological polar surface area (TPSA) is 85.9 Å². The highest BCUT2D eigenvalue weighted by atomic mass is 19.1. The van der Waals surface area contributed by atoms with E-state index >= 15 is 0 Å². The van der Waals surface area contributed by atoms with Gasteiger partial charge in [0.15, 0.2) is 5.82 Å². The standard InChI is InChI=1S/C31H25FN4O3/c32-21-10-12-23-26(14-21)38-16-20-13-17(15-36-25-4-2-1-3-24(25)33-30(36)19-8-9-19)5-11-22(20)28(23)27(18-6-7-18)29-34-31(37)39-35-29/h1-5,10-14,18-19H,6-9,15-16H2,(H,34,35,37)/b28-27+. The lowest BCUT2D eigenvalue weighted by Gasteiger charge is -2.17. The number of benzene rings is 3. The highest BCUT2D eigenvalue weighted by molar-refractivity contribution is 6.01. The molecular formula is C31H25FN4O3. The SMILES string of the molecule is O=c1[nH]c(/C(=C2\c3ccc(Cn4c(C5CC5)nc5ccccc54)cc3COc3cc(F)ccc32)C2CC2)no1. The molecule has 194 valence electrons. The summed E-state index contributed by atoms with van der Waals surface area (Å²) >= 11 is 0. The summed E-state index contributed by atoms with van der Waals surface area (Å²) in [6.45, 7) is 1.00. The van der Waals surface area contributed by atoms with Gasteiger partial charge in [0.2, 0.25) is 0 Å². The van der Waals surface area contributed by atoms with Crippen LogP contribution < -0.4 is 10.5 Å². The van der Waals surface area contributed by atoms with Gasteiger partial charge in [0.1, 0.15) is 24.0 Å². The number of nitrogens with one attached hydrogen (secondary N) is 1. The summed E-state index contributed by atoms with van der Waals surface area (Å²) in [5, 5.41) is 4.05. The summed E-state index contributed by atoms with van der Waals surface area (Å²) in [5.74, 6) is 1.84. The second-order valence-electron chi connectivity index (χ2n) is 10.7. The Bertz CT molecular complexity index is 1860. The molecule has 0 radical (unpaired) electrons. The van der Waals surface area contributed by atoms with Crippen LogP contribution in [-0.4, -0.2) is 19.7 Å². The molecule has 7 nitrogen and oxygen atoms in total. The molecule has 5 aromatic rings. The second kappa shape index (κ2) is 8.53. The summed E-state index contributed by atoms with van der Waals surface area (Å²) in [6.07, 6.45) is 4.32. The molecule has 0 unspecified atom stereocenters. The fourth-order valence-corrected chi connectivity index (χ4v) is 5.85. The van der Waals surface area contributed by atoms with E-state index < -0.39 is 5.76 Å². The number of allylic oxidation sites excluding steroid dienone is 1. The van der Waals surface area contributed by atoms with Gasteiger partial charge in [-0.2, -0.15) is 0 Å². The first-order chi connectivity index (χ1) is 19.1. The van der Waals surface area contributed by atoms with E-state index in [1.807, 2.05) is 6.07 Å². The first-order valence-electron chi connectivity index (χ1n) is 13.4. The maximum absolute atomic E-state index is 14.3. The average molecular weight is 521 g/mol. The lowest BCUT2D eigenvalue weighted by atomic mass is 9.87. The van der Waals surface area contributed by atoms with Crippen LogP contribution in [0.3, 0.4) is 0 Å². The van der Waals surface area contributed by atoms with Crippen LogP contribution in [0.15, 0.2) is 70.0 Å². The third-order valence-electron chi connectivity index (χ3n) is 7.95. The highest BCUT2D eigenvalue weighted by Gasteiger charge is 2.35. The molecule has 2 aromatic heterocycles. The van der Waals surface area contributed by atoms with E-state index in [4.69, 9.17) is 14.2 Å². The zero-order chi connectivity index (χ0) is 26.1. The van der Waals surface area contributed by atoms with Gasteiger partial charge in [0.05, 0.1) is 11.0 Å². The predicted molar refractivity (Wildman–Crippen MR) is 144 cm³/mol. The summed E-state index contributed by atoms with van der Waals surface area (Å²) in [7, 11) is 0. The molecule has 8 rings (SSSR count). The number of ether oxygens (including phenoxy) is 1. The van der Waals surface area contributed by atoms with Crippen molar-refractivity contribution < 1.29 is 13.7 Å². The number of para-hydroxylation sites is 2. The van der Waals surface area contributed by atoms with Crippen LogP contribution in [-0.2, 0) is 13.2 Å². The van der Waals surface area contributed by atoms with Crippen LogP contribution >= 0.6 is 0 Å². The van der Waals surface area contributed by atoms with Crippen LogP contribution in [0, 0.1) is 11.7 Å². The lowest BCUT2D eigenvalue weighted by Crippen LogP contribution is -2.06. The maximum atomic E-state index is 14.3. The first kappa shape index (κ1) is 22.5. The second-order valence-corrected chi connectivity index (χ2v) is 10.7.